The van der Waals surface area contributed by atoms with Crippen molar-refractivity contribution in [1.29, 1.82) is 0 Å². The number of para-hydroxylation sites is 1. The third-order valence-electron chi connectivity index (χ3n) is 2.45. The fourth-order valence-electron chi connectivity index (χ4n) is 1.62. The van der Waals surface area contributed by atoms with Crippen LogP contribution in [0.5, 0.6) is 5.75 Å². The van der Waals surface area contributed by atoms with Crippen molar-refractivity contribution in [2.75, 3.05) is 0 Å². The van der Waals surface area contributed by atoms with Crippen LogP contribution in [-0.4, -0.2) is 27.7 Å². The zero-order valence-corrected chi connectivity index (χ0v) is 10.1. The Kier molecular flexibility index (Phi) is 3.48. The molecular weight excluding hydrogens is 231 g/mol. The topological polar surface area (TPSA) is 46.5 Å². The molecule has 82 valence electrons. The molecule has 0 spiro atoms. The molecule has 0 amide bonds. The molecule has 0 heterocycles. The molecule has 0 aromatic heterocycles. The van der Waals surface area contributed by atoms with Gasteiger partial charge in [-0.15, -0.1) is 0 Å². The summed E-state index contributed by atoms with van der Waals surface area (Å²) < 4.78 is 4.53. The second-order valence-electron chi connectivity index (χ2n) is 3.47. The van der Waals surface area contributed by atoms with E-state index in [0.29, 0.717) is 5.56 Å². The van der Waals surface area contributed by atoms with Crippen LogP contribution in [0.25, 0.3) is 11.1 Å². The van der Waals surface area contributed by atoms with Crippen LogP contribution in [0.1, 0.15) is 10.4 Å². The highest BCUT2D eigenvalue weighted by Crippen LogP contribution is 2.32. The maximum Gasteiger partial charge on any atom is 0.485 e. The SMILES string of the molecule is O=C([O][Al])c1cccc(-c2ccccc2)c1O. The minimum Gasteiger partial charge on any atom is -0.624 e. The Labute approximate surface area is 107 Å². The summed E-state index contributed by atoms with van der Waals surface area (Å²) in [4.78, 5) is 11.4. The molecule has 0 aliphatic carbocycles. The van der Waals surface area contributed by atoms with Gasteiger partial charge in [-0.25, -0.2) is 4.79 Å². The standard InChI is InChI=1S/C13H10O3.Al/c14-12-10(9-5-2-1-3-6-9)7-4-8-11(12)13(15)16;/h1-8,14H,(H,15,16);/q;+1/p-1. The molecule has 2 aromatic carbocycles. The number of phenols is 1. The quantitative estimate of drug-likeness (QED) is 0.819. The Morgan fingerprint density at radius 3 is 2.41 bits per heavy atom. The van der Waals surface area contributed by atoms with E-state index in [4.69, 9.17) is 0 Å². The molecule has 4 heteroatoms. The van der Waals surface area contributed by atoms with Crippen LogP contribution in [-0.2, 0) is 3.79 Å². The van der Waals surface area contributed by atoms with E-state index in [1.165, 1.54) is 6.07 Å². The van der Waals surface area contributed by atoms with Crippen LogP contribution in [0.3, 0.4) is 0 Å². The van der Waals surface area contributed by atoms with Gasteiger partial charge in [0.1, 0.15) is 5.75 Å². The van der Waals surface area contributed by atoms with Crippen LogP contribution in [0.4, 0.5) is 0 Å². The third kappa shape index (κ3) is 2.33. The number of carbonyl (C=O) groups excluding carboxylic acids is 1. The van der Waals surface area contributed by atoms with Crippen molar-refractivity contribution in [3.8, 4) is 16.9 Å². The van der Waals surface area contributed by atoms with E-state index >= 15 is 0 Å². The van der Waals surface area contributed by atoms with Gasteiger partial charge in [-0.1, -0.05) is 42.5 Å². The smallest absolute Gasteiger partial charge is 0.485 e. The number of rotatable bonds is 2. The largest absolute Gasteiger partial charge is 0.624 e. The summed E-state index contributed by atoms with van der Waals surface area (Å²) in [6.07, 6.45) is 0. The lowest BCUT2D eigenvalue weighted by Gasteiger charge is -2.09. The van der Waals surface area contributed by atoms with Gasteiger partial charge in [0.15, 0.2) is 0 Å². The van der Waals surface area contributed by atoms with E-state index in [9.17, 15) is 9.90 Å². The summed E-state index contributed by atoms with van der Waals surface area (Å²) in [6, 6.07) is 14.3. The van der Waals surface area contributed by atoms with Crippen LogP contribution >= 0.6 is 0 Å². The Balaban J connectivity index is 2.54. The average molecular weight is 240 g/mol. The van der Waals surface area contributed by atoms with Crippen molar-refractivity contribution in [1.82, 2.24) is 0 Å². The van der Waals surface area contributed by atoms with Gasteiger partial charge in [0.25, 0.3) is 0 Å². The van der Waals surface area contributed by atoms with Crippen LogP contribution in [0.2, 0.25) is 0 Å². The first-order chi connectivity index (χ1) is 8.24. The molecule has 0 saturated carbocycles. The summed E-state index contributed by atoms with van der Waals surface area (Å²) >= 11 is 1.87. The van der Waals surface area contributed by atoms with E-state index < -0.39 is 5.97 Å². The summed E-state index contributed by atoms with van der Waals surface area (Å²) in [5.74, 6) is -0.642. The van der Waals surface area contributed by atoms with Gasteiger partial charge in [-0.2, -0.15) is 0 Å². The predicted molar refractivity (Wildman–Crippen MR) is 64.7 cm³/mol. The summed E-state index contributed by atoms with van der Waals surface area (Å²) in [6.45, 7) is 0. The predicted octanol–water partition coefficient (Wildman–Crippen LogP) is 2.30. The third-order valence-corrected chi connectivity index (χ3v) is 2.66. The molecule has 0 fully saturated rings. The Bertz CT molecular complexity index is 538. The van der Waals surface area contributed by atoms with E-state index in [-0.39, 0.29) is 11.3 Å². The summed E-state index contributed by atoms with van der Waals surface area (Å²) in [7, 11) is 0. The van der Waals surface area contributed by atoms with Gasteiger partial charge < -0.3 is 8.90 Å². The Hall–Kier alpha value is -1.76. The lowest BCUT2D eigenvalue weighted by atomic mass is 10.0. The van der Waals surface area contributed by atoms with Crippen LogP contribution < -0.4 is 0 Å². The number of hydrogen-bond donors (Lipinski definition) is 1. The van der Waals surface area contributed by atoms with Crippen molar-refractivity contribution in [2.24, 2.45) is 0 Å². The van der Waals surface area contributed by atoms with Crippen LogP contribution in [0.15, 0.2) is 48.5 Å². The molecule has 0 aliphatic heterocycles. The van der Waals surface area contributed by atoms with E-state index in [2.05, 4.69) is 3.79 Å². The van der Waals surface area contributed by atoms with E-state index in [0.717, 1.165) is 5.56 Å². The van der Waals surface area contributed by atoms with E-state index in [1.54, 1.807) is 12.1 Å². The minimum absolute atomic E-state index is 0.0637. The summed E-state index contributed by atoms with van der Waals surface area (Å²) in [5.41, 5.74) is 1.61. The van der Waals surface area contributed by atoms with Crippen LogP contribution in [0, 0.1) is 0 Å². The summed E-state index contributed by atoms with van der Waals surface area (Å²) in [5, 5.41) is 10.0. The van der Waals surface area contributed by atoms with Gasteiger partial charge in [0, 0.05) is 5.56 Å². The minimum atomic E-state index is -0.578. The number of phenolic OH excluding ortho intramolecular Hbond substituents is 1. The van der Waals surface area contributed by atoms with Gasteiger partial charge in [0.2, 0.25) is 0 Å². The molecule has 2 aromatic rings. The van der Waals surface area contributed by atoms with Crippen molar-refractivity contribution in [3.63, 3.8) is 0 Å². The molecular formula is C13H9AlO3. The normalized spacial score (nSPS) is 9.88. The fourth-order valence-corrected chi connectivity index (χ4v) is 1.75. The first-order valence-electron chi connectivity index (χ1n) is 5.02. The molecule has 0 unspecified atom stereocenters. The molecule has 0 bridgehead atoms. The maximum atomic E-state index is 11.4. The lowest BCUT2D eigenvalue weighted by Crippen LogP contribution is -2.02. The van der Waals surface area contributed by atoms with Crippen molar-refractivity contribution < 1.29 is 13.7 Å². The highest BCUT2D eigenvalue weighted by atomic mass is 27.1. The van der Waals surface area contributed by atoms with Gasteiger partial charge >= 0.3 is 22.6 Å². The zero-order valence-electron chi connectivity index (χ0n) is 8.96. The van der Waals surface area contributed by atoms with Crippen molar-refractivity contribution in [2.45, 2.75) is 0 Å². The number of benzene rings is 2. The number of carbonyl (C=O) groups is 1. The Morgan fingerprint density at radius 1 is 1.06 bits per heavy atom. The first-order valence-corrected chi connectivity index (χ1v) is 5.49. The molecule has 0 atom stereocenters. The molecule has 0 saturated heterocycles. The monoisotopic (exact) mass is 240 g/mol. The highest BCUT2D eigenvalue weighted by Gasteiger charge is 2.14. The molecule has 2 rings (SSSR count). The van der Waals surface area contributed by atoms with Crippen molar-refractivity contribution in [3.05, 3.63) is 54.1 Å². The molecule has 17 heavy (non-hydrogen) atoms. The van der Waals surface area contributed by atoms with Gasteiger partial charge in [-0.3, -0.25) is 0 Å². The van der Waals surface area contributed by atoms with Gasteiger partial charge in [-0.05, 0) is 11.6 Å². The Morgan fingerprint density at radius 2 is 1.76 bits per heavy atom. The molecule has 2 radical (unpaired) electrons. The fraction of sp³-hybridized carbons (Fsp3) is 0. The number of hydrogen-bond acceptors (Lipinski definition) is 3. The highest BCUT2D eigenvalue weighted by molar-refractivity contribution is 6.10. The second kappa shape index (κ2) is 5.05. The lowest BCUT2D eigenvalue weighted by molar-refractivity contribution is 0.0746. The van der Waals surface area contributed by atoms with E-state index in [1.807, 2.05) is 47.0 Å². The molecule has 0 aliphatic rings. The second-order valence-corrected chi connectivity index (χ2v) is 3.71. The van der Waals surface area contributed by atoms with Crippen molar-refractivity contribution >= 4 is 22.6 Å². The number of aromatic hydroxyl groups is 1. The average Bonchev–Trinajstić information content (AvgIpc) is 2.39. The maximum absolute atomic E-state index is 11.4. The van der Waals surface area contributed by atoms with Gasteiger partial charge in [0.05, 0.1) is 5.56 Å². The first kappa shape index (κ1) is 11.7. The molecule has 3 nitrogen and oxygen atoms in total. The zero-order chi connectivity index (χ0) is 12.3. The molecule has 1 N–H and O–H groups in total.